The van der Waals surface area contributed by atoms with E-state index in [1.807, 2.05) is 20.8 Å². The summed E-state index contributed by atoms with van der Waals surface area (Å²) in [6.45, 7) is 6.83. The Balaban J connectivity index is 1.54. The molecule has 0 bridgehead atoms. The smallest absolute Gasteiger partial charge is 0.337 e. The van der Waals surface area contributed by atoms with E-state index in [0.29, 0.717) is 63.3 Å². The highest BCUT2D eigenvalue weighted by molar-refractivity contribution is 7.07. The van der Waals surface area contributed by atoms with Gasteiger partial charge in [-0.1, -0.05) is 41.1 Å². The Labute approximate surface area is 284 Å². The summed E-state index contributed by atoms with van der Waals surface area (Å²) in [7, 11) is 1.28. The van der Waals surface area contributed by atoms with Crippen molar-refractivity contribution in [2.45, 2.75) is 33.4 Å². The number of aromatic nitrogens is 1. The molecule has 0 fully saturated rings. The highest BCUT2D eigenvalue weighted by Gasteiger charge is 2.31. The van der Waals surface area contributed by atoms with E-state index in [2.05, 4.69) is 4.99 Å². The standard InChI is InChI=1S/C35H33ClN2O9S/c1-5-44-26-13-12-23(17-27(26)45-6-2)30-24(34(42)43-4)18-37-35-38(30)32(39)29(48-35)16-21-14-25(36)31(28(15-21)46-7-3)47-19-20-8-10-22(11-9-20)33(40)41/h8-18,30H,5-7,19H2,1-4H3,(H,40,41)/b29-16-/t30-/m0/s1. The summed E-state index contributed by atoms with van der Waals surface area (Å²) in [5, 5.41) is 9.41. The SMILES string of the molecule is CCOc1ccc([C@H]2C(C(=O)OC)=CN=c3s/c(=C\c4cc(Cl)c(OCc5ccc(C(=O)O)cc5)c(OCC)c4)c(=O)n32)cc1OCC. The van der Waals surface area contributed by atoms with Crippen molar-refractivity contribution in [3.05, 3.63) is 113 Å². The van der Waals surface area contributed by atoms with Crippen molar-refractivity contribution in [3.8, 4) is 23.0 Å². The Morgan fingerprint density at radius 1 is 0.938 bits per heavy atom. The second kappa shape index (κ2) is 15.2. The van der Waals surface area contributed by atoms with E-state index in [-0.39, 0.29) is 28.3 Å². The Morgan fingerprint density at radius 3 is 2.29 bits per heavy atom. The predicted octanol–water partition coefficient (Wildman–Crippen LogP) is 5.14. The first-order valence-corrected chi connectivity index (χ1v) is 16.3. The van der Waals surface area contributed by atoms with Crippen LogP contribution in [0.15, 0.2) is 76.2 Å². The predicted molar refractivity (Wildman–Crippen MR) is 180 cm³/mol. The molecule has 5 rings (SSSR count). The molecule has 1 N–H and O–H groups in total. The van der Waals surface area contributed by atoms with E-state index in [1.165, 1.54) is 30.0 Å². The molecule has 0 unspecified atom stereocenters. The topological polar surface area (TPSA) is 135 Å². The lowest BCUT2D eigenvalue weighted by Gasteiger charge is -2.23. The molecule has 0 amide bonds. The molecule has 4 aromatic rings. The van der Waals surface area contributed by atoms with Gasteiger partial charge in [0.2, 0.25) is 0 Å². The first-order chi connectivity index (χ1) is 23.2. The fourth-order valence-electron chi connectivity index (χ4n) is 5.11. The third-order valence-corrected chi connectivity index (χ3v) is 8.50. The van der Waals surface area contributed by atoms with Gasteiger partial charge in [0.05, 0.1) is 53.7 Å². The molecule has 11 nitrogen and oxygen atoms in total. The largest absolute Gasteiger partial charge is 0.490 e. The van der Waals surface area contributed by atoms with E-state index in [0.717, 1.165) is 16.9 Å². The quantitative estimate of drug-likeness (QED) is 0.189. The number of carboxylic acids is 1. The van der Waals surface area contributed by atoms with Gasteiger partial charge < -0.3 is 28.8 Å². The van der Waals surface area contributed by atoms with Crippen LogP contribution in [0.4, 0.5) is 0 Å². The number of aromatic carboxylic acids is 1. The number of hydrogen-bond acceptors (Lipinski definition) is 10. The molecule has 0 saturated heterocycles. The number of carboxylic acid groups (broad SMARTS) is 1. The highest BCUT2D eigenvalue weighted by Crippen LogP contribution is 2.38. The van der Waals surface area contributed by atoms with E-state index in [1.54, 1.807) is 48.5 Å². The number of fused-ring (bicyclic) bond motifs is 1. The molecular weight excluding hydrogens is 660 g/mol. The number of rotatable bonds is 13. The average Bonchev–Trinajstić information content (AvgIpc) is 3.39. The van der Waals surface area contributed by atoms with Gasteiger partial charge in [-0.3, -0.25) is 9.36 Å². The van der Waals surface area contributed by atoms with Gasteiger partial charge in [-0.2, -0.15) is 0 Å². The molecule has 13 heteroatoms. The number of hydrogen-bond donors (Lipinski definition) is 1. The lowest BCUT2D eigenvalue weighted by atomic mass is 9.97. The van der Waals surface area contributed by atoms with E-state index in [4.69, 9.17) is 40.4 Å². The van der Waals surface area contributed by atoms with Gasteiger partial charge in [0.1, 0.15) is 6.61 Å². The minimum atomic E-state index is -1.02. The Bertz CT molecular complexity index is 2050. The molecule has 0 radical (unpaired) electrons. The minimum absolute atomic E-state index is 0.122. The number of halogens is 1. The Morgan fingerprint density at radius 2 is 1.62 bits per heavy atom. The number of thiazole rings is 1. The van der Waals surface area contributed by atoms with E-state index >= 15 is 0 Å². The Kier molecular flexibility index (Phi) is 10.9. The van der Waals surface area contributed by atoms with Crippen molar-refractivity contribution in [1.29, 1.82) is 0 Å². The monoisotopic (exact) mass is 692 g/mol. The van der Waals surface area contributed by atoms with Gasteiger partial charge in [-0.25, -0.2) is 14.6 Å². The van der Waals surface area contributed by atoms with Crippen LogP contribution in [0, 0.1) is 0 Å². The maximum absolute atomic E-state index is 14.0. The molecule has 1 aliphatic heterocycles. The Hall–Kier alpha value is -5.07. The van der Waals surface area contributed by atoms with Gasteiger partial charge >= 0.3 is 11.9 Å². The zero-order valence-corrected chi connectivity index (χ0v) is 28.2. The van der Waals surface area contributed by atoms with Crippen LogP contribution in [0.2, 0.25) is 5.02 Å². The van der Waals surface area contributed by atoms with Crippen molar-refractivity contribution in [2.75, 3.05) is 26.9 Å². The van der Waals surface area contributed by atoms with Crippen LogP contribution < -0.4 is 33.8 Å². The molecular formula is C35H33ClN2O9S. The number of esters is 1. The zero-order chi connectivity index (χ0) is 34.4. The number of benzene rings is 3. The molecule has 0 aliphatic carbocycles. The first-order valence-electron chi connectivity index (χ1n) is 15.1. The second-order valence-corrected chi connectivity index (χ2v) is 11.7. The van der Waals surface area contributed by atoms with Crippen LogP contribution >= 0.6 is 22.9 Å². The van der Waals surface area contributed by atoms with Crippen molar-refractivity contribution < 1.29 is 38.4 Å². The van der Waals surface area contributed by atoms with Crippen LogP contribution in [-0.2, 0) is 16.1 Å². The molecule has 1 aliphatic rings. The maximum atomic E-state index is 14.0. The van der Waals surface area contributed by atoms with Crippen LogP contribution in [0.3, 0.4) is 0 Å². The maximum Gasteiger partial charge on any atom is 0.337 e. The van der Waals surface area contributed by atoms with Crippen molar-refractivity contribution >= 4 is 41.0 Å². The van der Waals surface area contributed by atoms with Gasteiger partial charge in [0.15, 0.2) is 27.8 Å². The zero-order valence-electron chi connectivity index (χ0n) is 26.7. The summed E-state index contributed by atoms with van der Waals surface area (Å²) in [5.74, 6) is 0.0741. The number of nitrogens with zero attached hydrogens (tertiary/aromatic N) is 2. The van der Waals surface area contributed by atoms with Gasteiger partial charge in [0, 0.05) is 6.20 Å². The van der Waals surface area contributed by atoms with Gasteiger partial charge in [-0.15, -0.1) is 0 Å². The fourth-order valence-corrected chi connectivity index (χ4v) is 6.36. The lowest BCUT2D eigenvalue weighted by Crippen LogP contribution is -2.39. The summed E-state index contributed by atoms with van der Waals surface area (Å²) in [6, 6.07) is 14.1. The van der Waals surface area contributed by atoms with Crippen LogP contribution in [-0.4, -0.2) is 48.5 Å². The molecule has 250 valence electrons. The fraction of sp³-hybridized carbons (Fsp3) is 0.257. The van der Waals surface area contributed by atoms with Crippen molar-refractivity contribution in [1.82, 2.24) is 4.57 Å². The average molecular weight is 693 g/mol. The number of carbonyl (C=O) groups is 2. The normalized spacial score (nSPS) is 14.0. The van der Waals surface area contributed by atoms with Crippen molar-refractivity contribution in [2.24, 2.45) is 4.99 Å². The van der Waals surface area contributed by atoms with E-state index < -0.39 is 18.0 Å². The highest BCUT2D eigenvalue weighted by atomic mass is 35.5. The van der Waals surface area contributed by atoms with Gasteiger partial charge in [-0.05, 0) is 79.9 Å². The summed E-state index contributed by atoms with van der Waals surface area (Å²) < 4.78 is 30.2. The minimum Gasteiger partial charge on any atom is -0.490 e. The summed E-state index contributed by atoms with van der Waals surface area (Å²) >= 11 is 7.84. The molecule has 1 atom stereocenters. The molecule has 2 heterocycles. The molecule has 1 aromatic heterocycles. The summed E-state index contributed by atoms with van der Waals surface area (Å²) in [4.78, 5) is 43.0. The lowest BCUT2D eigenvalue weighted by molar-refractivity contribution is -0.136. The van der Waals surface area contributed by atoms with E-state index in [9.17, 15) is 14.4 Å². The van der Waals surface area contributed by atoms with Crippen LogP contribution in [0.1, 0.15) is 53.9 Å². The summed E-state index contributed by atoms with van der Waals surface area (Å²) in [6.07, 6.45) is 3.10. The molecule has 48 heavy (non-hydrogen) atoms. The van der Waals surface area contributed by atoms with Crippen LogP contribution in [0.25, 0.3) is 6.08 Å². The molecule has 3 aromatic carbocycles. The third kappa shape index (κ3) is 7.24. The number of ether oxygens (including phenoxy) is 5. The third-order valence-electron chi connectivity index (χ3n) is 7.22. The molecule has 0 saturated carbocycles. The van der Waals surface area contributed by atoms with Gasteiger partial charge in [0.25, 0.3) is 5.56 Å². The summed E-state index contributed by atoms with van der Waals surface area (Å²) in [5.41, 5.74) is 1.92. The first kappa shape index (κ1) is 34.3. The number of methoxy groups -OCH3 is 1. The van der Waals surface area contributed by atoms with Crippen LogP contribution in [0.5, 0.6) is 23.0 Å². The second-order valence-electron chi connectivity index (χ2n) is 10.3. The van der Waals surface area contributed by atoms with Crippen molar-refractivity contribution in [3.63, 3.8) is 0 Å². The number of carbonyl (C=O) groups excluding carboxylic acids is 1. The molecule has 0 spiro atoms.